The van der Waals surface area contributed by atoms with E-state index < -0.39 is 0 Å². The monoisotopic (exact) mass is 261 g/mol. The minimum Gasteiger partial charge on any atom is -0.330 e. The summed E-state index contributed by atoms with van der Waals surface area (Å²) in [6.45, 7) is 3.48. The van der Waals surface area contributed by atoms with E-state index in [0.29, 0.717) is 12.1 Å². The lowest BCUT2D eigenvalue weighted by molar-refractivity contribution is 0.257. The van der Waals surface area contributed by atoms with E-state index in [-0.39, 0.29) is 0 Å². The second kappa shape index (κ2) is 6.08. The summed E-state index contributed by atoms with van der Waals surface area (Å²) in [6.07, 6.45) is 15.0. The second-order valence-corrected chi connectivity index (χ2v) is 6.34. The van der Waals surface area contributed by atoms with Gasteiger partial charge in [0.1, 0.15) is 0 Å². The van der Waals surface area contributed by atoms with Crippen molar-refractivity contribution in [3.63, 3.8) is 0 Å². The molecule has 3 heteroatoms. The number of hydrogen-bond donors (Lipinski definition) is 1. The third-order valence-corrected chi connectivity index (χ3v) is 5.02. The summed E-state index contributed by atoms with van der Waals surface area (Å²) in [7, 11) is 0. The Labute approximate surface area is 116 Å². The van der Waals surface area contributed by atoms with Gasteiger partial charge < -0.3 is 9.88 Å². The van der Waals surface area contributed by atoms with Crippen LogP contribution in [0.5, 0.6) is 0 Å². The Morgan fingerprint density at radius 1 is 1.26 bits per heavy atom. The summed E-state index contributed by atoms with van der Waals surface area (Å²) >= 11 is 0. The molecular formula is C16H27N3. The topological polar surface area (TPSA) is 29.9 Å². The largest absolute Gasteiger partial charge is 0.330 e. The average Bonchev–Trinajstić information content (AvgIpc) is 3.11. The molecule has 0 spiro atoms. The molecule has 106 valence electrons. The van der Waals surface area contributed by atoms with E-state index in [9.17, 15) is 0 Å². The average molecular weight is 261 g/mol. The standard InChI is InChI=1S/C16H27N3/c1-2-4-13-6-8-14(9-7-13)19-12-17-11-16(19)15-5-3-10-18-15/h11-15,18H,2-10H2,1H3/t13?,14?,15-/m0/s1. The van der Waals surface area contributed by atoms with Gasteiger partial charge in [0.15, 0.2) is 0 Å². The van der Waals surface area contributed by atoms with Crippen LogP contribution in [0, 0.1) is 5.92 Å². The molecule has 1 aromatic heterocycles. The van der Waals surface area contributed by atoms with Crippen LogP contribution in [0.3, 0.4) is 0 Å². The molecule has 0 amide bonds. The molecule has 1 saturated heterocycles. The van der Waals surface area contributed by atoms with Gasteiger partial charge in [-0.3, -0.25) is 0 Å². The normalized spacial score (nSPS) is 31.7. The molecule has 1 aliphatic carbocycles. The van der Waals surface area contributed by atoms with Crippen molar-refractivity contribution in [1.82, 2.24) is 14.9 Å². The highest BCUT2D eigenvalue weighted by atomic mass is 15.1. The predicted octanol–water partition coefficient (Wildman–Crippen LogP) is 3.84. The quantitative estimate of drug-likeness (QED) is 0.892. The molecule has 1 aliphatic heterocycles. The molecule has 1 saturated carbocycles. The Hall–Kier alpha value is -0.830. The Balaban J connectivity index is 1.65. The maximum atomic E-state index is 4.42. The molecule has 3 rings (SSSR count). The van der Waals surface area contributed by atoms with Crippen molar-refractivity contribution in [3.05, 3.63) is 18.2 Å². The van der Waals surface area contributed by atoms with E-state index in [0.717, 1.165) is 5.92 Å². The number of imidazole rings is 1. The third kappa shape index (κ3) is 2.86. The molecule has 1 atom stereocenters. The number of rotatable bonds is 4. The molecule has 1 N–H and O–H groups in total. The van der Waals surface area contributed by atoms with Crippen LogP contribution in [0.1, 0.15) is 76.1 Å². The molecule has 2 aliphatic rings. The van der Waals surface area contributed by atoms with Crippen LogP contribution in [-0.4, -0.2) is 16.1 Å². The Morgan fingerprint density at radius 2 is 2.11 bits per heavy atom. The van der Waals surface area contributed by atoms with Gasteiger partial charge in [-0.15, -0.1) is 0 Å². The molecule has 3 nitrogen and oxygen atoms in total. The van der Waals surface area contributed by atoms with Gasteiger partial charge in [0, 0.05) is 18.3 Å². The first kappa shape index (κ1) is 13.2. The highest BCUT2D eigenvalue weighted by Gasteiger charge is 2.26. The van der Waals surface area contributed by atoms with Gasteiger partial charge in [0.25, 0.3) is 0 Å². The molecule has 0 aromatic carbocycles. The maximum Gasteiger partial charge on any atom is 0.0951 e. The molecule has 0 radical (unpaired) electrons. The van der Waals surface area contributed by atoms with Gasteiger partial charge in [-0.05, 0) is 51.0 Å². The van der Waals surface area contributed by atoms with Gasteiger partial charge in [0.2, 0.25) is 0 Å². The third-order valence-electron chi connectivity index (χ3n) is 5.02. The molecule has 0 unspecified atom stereocenters. The smallest absolute Gasteiger partial charge is 0.0951 e. The minimum atomic E-state index is 0.552. The first-order valence-corrected chi connectivity index (χ1v) is 8.13. The van der Waals surface area contributed by atoms with Crippen molar-refractivity contribution >= 4 is 0 Å². The van der Waals surface area contributed by atoms with Crippen LogP contribution < -0.4 is 5.32 Å². The minimum absolute atomic E-state index is 0.552. The van der Waals surface area contributed by atoms with Crippen LogP contribution >= 0.6 is 0 Å². The van der Waals surface area contributed by atoms with Crippen molar-refractivity contribution in [2.45, 2.75) is 70.4 Å². The van der Waals surface area contributed by atoms with Crippen LogP contribution in [0.25, 0.3) is 0 Å². The fourth-order valence-electron chi connectivity index (χ4n) is 3.95. The Morgan fingerprint density at radius 3 is 2.79 bits per heavy atom. The van der Waals surface area contributed by atoms with E-state index in [1.54, 1.807) is 0 Å². The highest BCUT2D eigenvalue weighted by Crippen LogP contribution is 2.36. The van der Waals surface area contributed by atoms with Crippen molar-refractivity contribution in [2.24, 2.45) is 5.92 Å². The van der Waals surface area contributed by atoms with Crippen LogP contribution in [0.15, 0.2) is 12.5 Å². The lowest BCUT2D eigenvalue weighted by atomic mass is 9.83. The van der Waals surface area contributed by atoms with Crippen LogP contribution in [0.4, 0.5) is 0 Å². The number of nitrogens with zero attached hydrogens (tertiary/aromatic N) is 2. The van der Waals surface area contributed by atoms with Crippen molar-refractivity contribution < 1.29 is 0 Å². The number of nitrogens with one attached hydrogen (secondary N) is 1. The summed E-state index contributed by atoms with van der Waals surface area (Å²) in [5.41, 5.74) is 1.43. The van der Waals surface area contributed by atoms with E-state index in [2.05, 4.69) is 34.3 Å². The summed E-state index contributed by atoms with van der Waals surface area (Å²) < 4.78 is 2.48. The maximum absolute atomic E-state index is 4.42. The summed E-state index contributed by atoms with van der Waals surface area (Å²) in [4.78, 5) is 4.42. The van der Waals surface area contributed by atoms with Crippen molar-refractivity contribution in [3.8, 4) is 0 Å². The highest BCUT2D eigenvalue weighted by molar-refractivity contribution is 5.09. The van der Waals surface area contributed by atoms with E-state index in [1.807, 2.05) is 0 Å². The first-order valence-electron chi connectivity index (χ1n) is 8.13. The van der Waals surface area contributed by atoms with Gasteiger partial charge in [-0.1, -0.05) is 19.8 Å². The van der Waals surface area contributed by atoms with Crippen LogP contribution in [0.2, 0.25) is 0 Å². The van der Waals surface area contributed by atoms with Gasteiger partial charge >= 0.3 is 0 Å². The first-order chi connectivity index (χ1) is 9.38. The number of aromatic nitrogens is 2. The molecule has 19 heavy (non-hydrogen) atoms. The molecule has 2 fully saturated rings. The SMILES string of the molecule is CCCC1CCC(n2cncc2[C@@H]2CCCN2)CC1. The fraction of sp³-hybridized carbons (Fsp3) is 0.812. The Bertz CT molecular complexity index is 384. The fourth-order valence-corrected chi connectivity index (χ4v) is 3.95. The van der Waals surface area contributed by atoms with Crippen LogP contribution in [-0.2, 0) is 0 Å². The van der Waals surface area contributed by atoms with Gasteiger partial charge in [0.05, 0.1) is 12.0 Å². The predicted molar refractivity (Wildman–Crippen MR) is 78.1 cm³/mol. The summed E-state index contributed by atoms with van der Waals surface area (Å²) in [6, 6.07) is 1.25. The molecular weight excluding hydrogens is 234 g/mol. The molecule has 1 aromatic rings. The van der Waals surface area contributed by atoms with Crippen molar-refractivity contribution in [2.75, 3.05) is 6.54 Å². The lowest BCUT2D eigenvalue weighted by Crippen LogP contribution is -2.22. The van der Waals surface area contributed by atoms with E-state index in [4.69, 9.17) is 0 Å². The lowest BCUT2D eigenvalue weighted by Gasteiger charge is -2.31. The van der Waals surface area contributed by atoms with E-state index >= 15 is 0 Å². The zero-order valence-electron chi connectivity index (χ0n) is 12.1. The summed E-state index contributed by atoms with van der Waals surface area (Å²) in [5, 5.41) is 3.61. The zero-order chi connectivity index (χ0) is 13.1. The zero-order valence-corrected chi connectivity index (χ0v) is 12.1. The van der Waals surface area contributed by atoms with E-state index in [1.165, 1.54) is 63.6 Å². The van der Waals surface area contributed by atoms with Gasteiger partial charge in [-0.25, -0.2) is 4.98 Å². The molecule has 0 bridgehead atoms. The second-order valence-electron chi connectivity index (χ2n) is 6.34. The number of hydrogen-bond acceptors (Lipinski definition) is 2. The van der Waals surface area contributed by atoms with Crippen molar-refractivity contribution in [1.29, 1.82) is 0 Å². The summed E-state index contributed by atoms with van der Waals surface area (Å²) in [5.74, 6) is 0.984. The van der Waals surface area contributed by atoms with Gasteiger partial charge in [-0.2, -0.15) is 0 Å². The Kier molecular flexibility index (Phi) is 4.21. The molecule has 2 heterocycles.